The van der Waals surface area contributed by atoms with Gasteiger partial charge in [-0.3, -0.25) is 0 Å². The van der Waals surface area contributed by atoms with Gasteiger partial charge in [-0.05, 0) is 43.0 Å². The van der Waals surface area contributed by atoms with E-state index in [-0.39, 0.29) is 0 Å². The molecule has 1 aromatic heterocycles. The highest BCUT2D eigenvalue weighted by atomic mass is 35.5. The van der Waals surface area contributed by atoms with Gasteiger partial charge in [0.15, 0.2) is 0 Å². The average molecular weight is 263 g/mol. The van der Waals surface area contributed by atoms with Gasteiger partial charge >= 0.3 is 0 Å². The van der Waals surface area contributed by atoms with Crippen LogP contribution in [0.2, 0.25) is 5.02 Å². The molecule has 0 fully saturated rings. The van der Waals surface area contributed by atoms with Crippen LogP contribution in [-0.2, 0) is 12.8 Å². The van der Waals surface area contributed by atoms with Crippen LogP contribution in [0.3, 0.4) is 0 Å². The van der Waals surface area contributed by atoms with Crippen LogP contribution in [0.15, 0.2) is 18.2 Å². The lowest BCUT2D eigenvalue weighted by Crippen LogP contribution is -2.38. The zero-order valence-electron chi connectivity index (χ0n) is 10.9. The zero-order chi connectivity index (χ0) is 12.7. The van der Waals surface area contributed by atoms with Gasteiger partial charge in [0.2, 0.25) is 0 Å². The molecule has 1 aliphatic rings. The number of fused-ring (bicyclic) bond motifs is 3. The third-order valence-electron chi connectivity index (χ3n) is 3.72. The van der Waals surface area contributed by atoms with Crippen LogP contribution in [0.4, 0.5) is 0 Å². The molecule has 3 rings (SSSR count). The molecule has 0 radical (unpaired) electrons. The van der Waals surface area contributed by atoms with E-state index >= 15 is 0 Å². The first-order valence-corrected chi connectivity index (χ1v) is 7.06. The first kappa shape index (κ1) is 12.1. The summed E-state index contributed by atoms with van der Waals surface area (Å²) >= 11 is 6.11. The SMILES string of the molecule is CC(C)NC1CCc2[nH]c3ccc(Cl)cc3c2C1. The van der Waals surface area contributed by atoms with E-state index in [0.29, 0.717) is 12.1 Å². The molecule has 2 N–H and O–H groups in total. The van der Waals surface area contributed by atoms with E-state index in [1.165, 1.54) is 28.6 Å². The van der Waals surface area contributed by atoms with Crippen molar-refractivity contribution < 1.29 is 0 Å². The number of aryl methyl sites for hydroxylation is 1. The lowest BCUT2D eigenvalue weighted by Gasteiger charge is -2.25. The molecule has 0 aliphatic heterocycles. The summed E-state index contributed by atoms with van der Waals surface area (Å²) in [5.41, 5.74) is 4.07. The number of aromatic amines is 1. The molecule has 0 saturated carbocycles. The van der Waals surface area contributed by atoms with E-state index in [9.17, 15) is 0 Å². The summed E-state index contributed by atoms with van der Waals surface area (Å²) in [5, 5.41) is 5.77. The van der Waals surface area contributed by atoms with Gasteiger partial charge in [-0.25, -0.2) is 0 Å². The molecule has 1 unspecified atom stereocenters. The zero-order valence-corrected chi connectivity index (χ0v) is 11.6. The second kappa shape index (κ2) is 4.60. The highest BCUT2D eigenvalue weighted by molar-refractivity contribution is 6.31. The Labute approximate surface area is 113 Å². The Hall–Kier alpha value is -0.990. The molecule has 3 heteroatoms. The summed E-state index contributed by atoms with van der Waals surface area (Å²) in [7, 11) is 0. The molecule has 1 atom stereocenters. The van der Waals surface area contributed by atoms with Crippen LogP contribution >= 0.6 is 11.6 Å². The quantitative estimate of drug-likeness (QED) is 0.849. The molecule has 0 saturated heterocycles. The van der Waals surface area contributed by atoms with Gasteiger partial charge in [-0.1, -0.05) is 25.4 Å². The number of H-pyrrole nitrogens is 1. The van der Waals surface area contributed by atoms with Crippen molar-refractivity contribution >= 4 is 22.5 Å². The van der Waals surface area contributed by atoms with E-state index in [0.717, 1.165) is 17.9 Å². The number of aromatic nitrogens is 1. The van der Waals surface area contributed by atoms with Crippen LogP contribution < -0.4 is 5.32 Å². The molecule has 2 aromatic rings. The molecule has 0 amide bonds. The van der Waals surface area contributed by atoms with Crippen molar-refractivity contribution in [3.63, 3.8) is 0 Å². The molecule has 0 bridgehead atoms. The molecule has 1 heterocycles. The van der Waals surface area contributed by atoms with Gasteiger partial charge in [0.1, 0.15) is 0 Å². The summed E-state index contributed by atoms with van der Waals surface area (Å²) < 4.78 is 0. The largest absolute Gasteiger partial charge is 0.358 e. The Morgan fingerprint density at radius 2 is 2.22 bits per heavy atom. The predicted molar refractivity (Wildman–Crippen MR) is 77.4 cm³/mol. The van der Waals surface area contributed by atoms with Gasteiger partial charge in [-0.2, -0.15) is 0 Å². The second-order valence-corrected chi connectivity index (χ2v) is 5.97. The van der Waals surface area contributed by atoms with E-state index < -0.39 is 0 Å². The first-order valence-electron chi connectivity index (χ1n) is 6.68. The smallest absolute Gasteiger partial charge is 0.0460 e. The Kier molecular flexibility index (Phi) is 3.08. The van der Waals surface area contributed by atoms with E-state index in [2.05, 4.69) is 36.3 Å². The van der Waals surface area contributed by atoms with E-state index in [1.54, 1.807) is 0 Å². The Morgan fingerprint density at radius 1 is 1.39 bits per heavy atom. The van der Waals surface area contributed by atoms with Crippen molar-refractivity contribution in [3.8, 4) is 0 Å². The van der Waals surface area contributed by atoms with Crippen LogP contribution in [0.1, 0.15) is 31.5 Å². The minimum absolute atomic E-state index is 0.547. The van der Waals surface area contributed by atoms with Gasteiger partial charge in [0, 0.05) is 33.7 Å². The predicted octanol–water partition coefficient (Wildman–Crippen LogP) is 3.68. The molecular weight excluding hydrogens is 244 g/mol. The van der Waals surface area contributed by atoms with Crippen molar-refractivity contribution in [2.45, 2.75) is 45.2 Å². The van der Waals surface area contributed by atoms with Gasteiger partial charge in [0.05, 0.1) is 0 Å². The third-order valence-corrected chi connectivity index (χ3v) is 3.95. The van der Waals surface area contributed by atoms with Crippen LogP contribution in [0.25, 0.3) is 10.9 Å². The lowest BCUT2D eigenvalue weighted by molar-refractivity contribution is 0.421. The van der Waals surface area contributed by atoms with Crippen molar-refractivity contribution in [2.24, 2.45) is 0 Å². The van der Waals surface area contributed by atoms with Crippen molar-refractivity contribution in [2.75, 3.05) is 0 Å². The first-order chi connectivity index (χ1) is 8.63. The monoisotopic (exact) mass is 262 g/mol. The maximum atomic E-state index is 6.11. The highest BCUT2D eigenvalue weighted by Gasteiger charge is 2.22. The fourth-order valence-corrected chi connectivity index (χ4v) is 3.18. The number of nitrogens with one attached hydrogen (secondary N) is 2. The molecular formula is C15H19ClN2. The molecule has 1 aliphatic carbocycles. The fourth-order valence-electron chi connectivity index (χ4n) is 3.00. The van der Waals surface area contributed by atoms with Crippen LogP contribution in [0.5, 0.6) is 0 Å². The minimum atomic E-state index is 0.547. The van der Waals surface area contributed by atoms with Crippen molar-refractivity contribution in [1.29, 1.82) is 0 Å². The number of hydrogen-bond donors (Lipinski definition) is 2. The highest BCUT2D eigenvalue weighted by Crippen LogP contribution is 2.31. The van der Waals surface area contributed by atoms with Crippen molar-refractivity contribution in [3.05, 3.63) is 34.5 Å². The Bertz CT molecular complexity index is 571. The maximum absolute atomic E-state index is 6.11. The normalized spacial score (nSPS) is 19.4. The average Bonchev–Trinajstić information content (AvgIpc) is 2.66. The van der Waals surface area contributed by atoms with Crippen LogP contribution in [-0.4, -0.2) is 17.1 Å². The Morgan fingerprint density at radius 3 is 3.00 bits per heavy atom. The lowest BCUT2D eigenvalue weighted by atomic mass is 9.91. The molecule has 1 aromatic carbocycles. The number of halogens is 1. The summed E-state index contributed by atoms with van der Waals surface area (Å²) in [6.07, 6.45) is 3.45. The topological polar surface area (TPSA) is 27.8 Å². The number of benzene rings is 1. The van der Waals surface area contributed by atoms with E-state index in [4.69, 9.17) is 11.6 Å². The van der Waals surface area contributed by atoms with Crippen molar-refractivity contribution in [1.82, 2.24) is 10.3 Å². The standard InChI is InChI=1S/C15H19ClN2/c1-9(2)17-11-4-6-15-13(8-11)12-7-10(16)3-5-14(12)18-15/h3,5,7,9,11,17-18H,4,6,8H2,1-2H3. The molecule has 18 heavy (non-hydrogen) atoms. The number of rotatable bonds is 2. The molecule has 2 nitrogen and oxygen atoms in total. The fraction of sp³-hybridized carbons (Fsp3) is 0.467. The maximum Gasteiger partial charge on any atom is 0.0460 e. The summed E-state index contributed by atoms with van der Waals surface area (Å²) in [6, 6.07) is 7.27. The molecule has 96 valence electrons. The Balaban J connectivity index is 1.98. The molecule has 0 spiro atoms. The third kappa shape index (κ3) is 2.15. The van der Waals surface area contributed by atoms with Crippen LogP contribution in [0, 0.1) is 0 Å². The minimum Gasteiger partial charge on any atom is -0.358 e. The van der Waals surface area contributed by atoms with E-state index in [1.807, 2.05) is 6.07 Å². The summed E-state index contributed by atoms with van der Waals surface area (Å²) in [6.45, 7) is 4.42. The van der Waals surface area contributed by atoms with Gasteiger partial charge < -0.3 is 10.3 Å². The summed E-state index contributed by atoms with van der Waals surface area (Å²) in [4.78, 5) is 3.53. The van der Waals surface area contributed by atoms with Gasteiger partial charge in [-0.15, -0.1) is 0 Å². The van der Waals surface area contributed by atoms with Gasteiger partial charge in [0.25, 0.3) is 0 Å². The summed E-state index contributed by atoms with van der Waals surface area (Å²) in [5.74, 6) is 0. The second-order valence-electron chi connectivity index (χ2n) is 5.53. The number of hydrogen-bond acceptors (Lipinski definition) is 1.